The van der Waals surface area contributed by atoms with Gasteiger partial charge in [-0.1, -0.05) is 16.8 Å². The average molecular weight is 443 g/mol. The van der Waals surface area contributed by atoms with Gasteiger partial charge in [0, 0.05) is 7.11 Å². The number of hydrogen-bond acceptors (Lipinski definition) is 8. The number of ether oxygens (including phenoxy) is 1. The summed E-state index contributed by atoms with van der Waals surface area (Å²) in [6.07, 6.45) is 1.45. The number of methoxy groups -OCH3 is 1. The quantitative estimate of drug-likeness (QED) is 0.499. The van der Waals surface area contributed by atoms with Gasteiger partial charge in [0.15, 0.2) is 0 Å². The number of imidazole rings is 1. The highest BCUT2D eigenvalue weighted by atomic mass is 35.5. The van der Waals surface area contributed by atoms with Gasteiger partial charge in [-0.2, -0.15) is 10.2 Å². The first-order valence-electron chi connectivity index (χ1n) is 9.38. The molecule has 0 aliphatic rings. The second kappa shape index (κ2) is 7.46. The molecule has 0 aliphatic heterocycles. The zero-order chi connectivity index (χ0) is 22.5. The Bertz CT molecular complexity index is 1410. The summed E-state index contributed by atoms with van der Waals surface area (Å²) in [5.41, 5.74) is -0.255. The molecule has 0 aliphatic carbocycles. The van der Waals surface area contributed by atoms with E-state index in [1.54, 1.807) is 23.5 Å². The summed E-state index contributed by atoms with van der Waals surface area (Å²) in [6.45, 7) is 5.06. The summed E-state index contributed by atoms with van der Waals surface area (Å²) in [4.78, 5) is 22.2. The van der Waals surface area contributed by atoms with E-state index in [-0.39, 0.29) is 40.1 Å². The van der Waals surface area contributed by atoms with Gasteiger partial charge in [0.1, 0.15) is 29.2 Å². The number of hydrogen-bond donors (Lipinski definition) is 1. The molecule has 1 aromatic carbocycles. The van der Waals surface area contributed by atoms with Crippen LogP contribution in [0.5, 0.6) is 0 Å². The molecule has 1 unspecified atom stereocenters. The van der Waals surface area contributed by atoms with Gasteiger partial charge in [0.2, 0.25) is 5.82 Å². The molecule has 0 saturated heterocycles. The minimum Gasteiger partial charge on any atom is -0.383 e. The number of aromatic nitrogens is 5. The molecule has 3 aromatic heterocycles. The fraction of sp³-hybridized carbons (Fsp3) is 0.350. The van der Waals surface area contributed by atoms with Crippen molar-refractivity contribution in [3.8, 4) is 17.6 Å². The molecule has 0 fully saturated rings. The van der Waals surface area contributed by atoms with Crippen LogP contribution in [0.1, 0.15) is 38.3 Å². The molecule has 4 aromatic rings. The summed E-state index contributed by atoms with van der Waals surface area (Å²) in [5.74, 6) is 0.0626. The van der Waals surface area contributed by atoms with Gasteiger partial charge in [-0.15, -0.1) is 0 Å². The fourth-order valence-electron chi connectivity index (χ4n) is 3.52. The Labute approximate surface area is 181 Å². The van der Waals surface area contributed by atoms with E-state index in [2.05, 4.69) is 21.2 Å². The molecule has 0 radical (unpaired) electrons. The molecule has 11 heteroatoms. The number of nitrogens with zero attached hydrogens (tertiary/aromatic N) is 6. The Morgan fingerprint density at radius 3 is 2.74 bits per heavy atom. The molecule has 0 saturated carbocycles. The Morgan fingerprint density at radius 1 is 1.39 bits per heavy atom. The van der Waals surface area contributed by atoms with Crippen molar-refractivity contribution >= 4 is 28.2 Å². The predicted molar refractivity (Wildman–Crippen MR) is 112 cm³/mol. The van der Waals surface area contributed by atoms with Crippen LogP contribution in [-0.2, 0) is 10.3 Å². The molecule has 31 heavy (non-hydrogen) atoms. The SMILES string of the molecule is COCC(C)n1c(=O)c2c(-c3noc(C(C)(C)O)n3)ncn2c2ccc(Cl)c(C#N)c21. The van der Waals surface area contributed by atoms with Crippen LogP contribution in [0.3, 0.4) is 0 Å². The third-order valence-corrected chi connectivity index (χ3v) is 5.23. The second-order valence-corrected chi connectivity index (χ2v) is 8.08. The van der Waals surface area contributed by atoms with Crippen molar-refractivity contribution in [2.75, 3.05) is 13.7 Å². The number of fused-ring (bicyclic) bond motifs is 3. The fourth-order valence-corrected chi connectivity index (χ4v) is 3.71. The lowest BCUT2D eigenvalue weighted by molar-refractivity contribution is 0.0420. The van der Waals surface area contributed by atoms with Crippen LogP contribution in [0.2, 0.25) is 5.02 Å². The molecule has 160 valence electrons. The van der Waals surface area contributed by atoms with E-state index in [4.69, 9.17) is 20.9 Å². The average Bonchev–Trinajstić information content (AvgIpc) is 3.35. The first-order chi connectivity index (χ1) is 14.7. The van der Waals surface area contributed by atoms with Gasteiger partial charge in [-0.25, -0.2) is 4.98 Å². The number of halogens is 1. The highest BCUT2D eigenvalue weighted by Crippen LogP contribution is 2.30. The van der Waals surface area contributed by atoms with Crippen LogP contribution in [-0.4, -0.2) is 42.9 Å². The zero-order valence-corrected chi connectivity index (χ0v) is 18.0. The van der Waals surface area contributed by atoms with Crippen molar-refractivity contribution in [1.29, 1.82) is 5.26 Å². The van der Waals surface area contributed by atoms with Crippen molar-refractivity contribution in [2.24, 2.45) is 0 Å². The van der Waals surface area contributed by atoms with Gasteiger partial charge in [-0.3, -0.25) is 13.8 Å². The van der Waals surface area contributed by atoms with Crippen LogP contribution < -0.4 is 5.56 Å². The maximum atomic E-state index is 13.7. The minimum atomic E-state index is -1.35. The molecule has 0 bridgehead atoms. The minimum absolute atomic E-state index is 0.00364. The third-order valence-electron chi connectivity index (χ3n) is 4.92. The number of nitriles is 1. The number of rotatable bonds is 5. The molecule has 0 spiro atoms. The normalized spacial score (nSPS) is 13.1. The van der Waals surface area contributed by atoms with E-state index in [0.717, 1.165) is 0 Å². The van der Waals surface area contributed by atoms with Gasteiger partial charge in [-0.05, 0) is 32.9 Å². The van der Waals surface area contributed by atoms with Gasteiger partial charge in [0.05, 0.1) is 34.3 Å². The Kier molecular flexibility index (Phi) is 5.05. The summed E-state index contributed by atoms with van der Waals surface area (Å²) in [6, 6.07) is 4.99. The van der Waals surface area contributed by atoms with Gasteiger partial charge >= 0.3 is 0 Å². The summed E-state index contributed by atoms with van der Waals surface area (Å²) < 4.78 is 13.4. The Morgan fingerprint density at radius 2 is 2.13 bits per heavy atom. The van der Waals surface area contributed by atoms with E-state index in [9.17, 15) is 15.2 Å². The topological polar surface area (TPSA) is 131 Å². The molecular formula is C20H19ClN6O4. The van der Waals surface area contributed by atoms with Crippen LogP contribution in [0.25, 0.3) is 28.1 Å². The van der Waals surface area contributed by atoms with E-state index in [0.29, 0.717) is 11.0 Å². The van der Waals surface area contributed by atoms with Crippen molar-refractivity contribution in [3.63, 3.8) is 0 Å². The molecule has 0 amide bonds. The maximum absolute atomic E-state index is 13.7. The smallest absolute Gasteiger partial charge is 0.278 e. The van der Waals surface area contributed by atoms with Crippen LogP contribution in [0.15, 0.2) is 27.8 Å². The Hall–Kier alpha value is -3.26. The van der Waals surface area contributed by atoms with E-state index >= 15 is 0 Å². The molecular weight excluding hydrogens is 424 g/mol. The van der Waals surface area contributed by atoms with Crippen LogP contribution >= 0.6 is 11.6 Å². The zero-order valence-electron chi connectivity index (χ0n) is 17.2. The van der Waals surface area contributed by atoms with Crippen molar-refractivity contribution in [1.82, 2.24) is 24.1 Å². The van der Waals surface area contributed by atoms with E-state index in [1.807, 2.05) is 0 Å². The largest absolute Gasteiger partial charge is 0.383 e. The number of aliphatic hydroxyl groups is 1. The molecule has 10 nitrogen and oxygen atoms in total. The molecule has 3 heterocycles. The van der Waals surface area contributed by atoms with Crippen molar-refractivity contribution in [3.05, 3.63) is 45.3 Å². The molecule has 4 rings (SSSR count). The lowest BCUT2D eigenvalue weighted by atomic mass is 10.1. The third kappa shape index (κ3) is 3.27. The van der Waals surface area contributed by atoms with Crippen molar-refractivity contribution < 1.29 is 14.4 Å². The van der Waals surface area contributed by atoms with Gasteiger partial charge < -0.3 is 14.4 Å². The predicted octanol–water partition coefficient (Wildman–Crippen LogP) is 2.66. The molecule has 1 atom stereocenters. The number of benzene rings is 1. The Balaban J connectivity index is 2.13. The maximum Gasteiger partial charge on any atom is 0.278 e. The summed E-state index contributed by atoms with van der Waals surface area (Å²) in [5, 5.41) is 24.0. The standard InChI is InChI=1S/C20H19ClN6O4/c1-10(8-30-4)27-15-11(7-22)12(21)5-6-13(15)26-9-23-14(16(26)18(27)28)17-24-19(31-25-17)20(2,3)29/h5-6,9-10,29H,8H2,1-4H3. The van der Waals surface area contributed by atoms with Crippen LogP contribution in [0, 0.1) is 11.3 Å². The monoisotopic (exact) mass is 442 g/mol. The lowest BCUT2D eigenvalue weighted by Crippen LogP contribution is -2.28. The summed E-state index contributed by atoms with van der Waals surface area (Å²) in [7, 11) is 1.53. The first kappa shape index (κ1) is 21.0. The second-order valence-electron chi connectivity index (χ2n) is 7.68. The highest BCUT2D eigenvalue weighted by Gasteiger charge is 2.28. The first-order valence-corrected chi connectivity index (χ1v) is 9.76. The van der Waals surface area contributed by atoms with E-state index < -0.39 is 17.2 Å². The van der Waals surface area contributed by atoms with E-state index in [1.165, 1.54) is 31.9 Å². The highest BCUT2D eigenvalue weighted by molar-refractivity contribution is 6.32. The lowest BCUT2D eigenvalue weighted by Gasteiger charge is -2.19. The van der Waals surface area contributed by atoms with Gasteiger partial charge in [0.25, 0.3) is 11.4 Å². The summed E-state index contributed by atoms with van der Waals surface area (Å²) >= 11 is 6.26. The van der Waals surface area contributed by atoms with Crippen LogP contribution in [0.4, 0.5) is 0 Å². The van der Waals surface area contributed by atoms with Crippen molar-refractivity contribution in [2.45, 2.75) is 32.4 Å². The molecule has 1 N–H and O–H groups in total.